The third-order valence-electron chi connectivity index (χ3n) is 3.44. The monoisotopic (exact) mass is 328 g/mol. The number of nitrogens with zero attached hydrogens (tertiary/aromatic N) is 1. The molecule has 0 amide bonds. The van der Waals surface area contributed by atoms with Crippen molar-refractivity contribution >= 4 is 24.8 Å². The highest BCUT2D eigenvalue weighted by atomic mass is 35.5. The number of hydrogen-bond donors (Lipinski definition) is 2. The van der Waals surface area contributed by atoms with E-state index in [4.69, 9.17) is 0 Å². The molecular formula is C13H20Cl2F2N2O. The Kier molecular flexibility index (Phi) is 8.35. The first kappa shape index (κ1) is 19.4. The summed E-state index contributed by atoms with van der Waals surface area (Å²) in [5.74, 6) is -2.71. The molecule has 0 radical (unpaired) electrons. The number of halogens is 4. The van der Waals surface area contributed by atoms with Gasteiger partial charge in [-0.05, 0) is 12.5 Å². The second kappa shape index (κ2) is 8.62. The number of aromatic hydroxyl groups is 1. The Balaban J connectivity index is 0.00000180. The van der Waals surface area contributed by atoms with Gasteiger partial charge in [-0.15, -0.1) is 24.8 Å². The fourth-order valence-corrected chi connectivity index (χ4v) is 2.49. The number of hydrogen-bond acceptors (Lipinski definition) is 3. The molecule has 7 heteroatoms. The molecule has 20 heavy (non-hydrogen) atoms. The second-order valence-electron chi connectivity index (χ2n) is 4.51. The number of nitrogens with one attached hydrogen (secondary N) is 1. The van der Waals surface area contributed by atoms with Gasteiger partial charge in [0.05, 0.1) is 0 Å². The lowest BCUT2D eigenvalue weighted by Crippen LogP contribution is -2.45. The molecule has 0 saturated carbocycles. The average Bonchev–Trinajstić information content (AvgIpc) is 2.41. The van der Waals surface area contributed by atoms with Gasteiger partial charge in [-0.25, -0.2) is 4.39 Å². The van der Waals surface area contributed by atoms with Crippen LogP contribution in [0.5, 0.6) is 5.75 Å². The highest BCUT2D eigenvalue weighted by Gasteiger charge is 2.25. The van der Waals surface area contributed by atoms with Gasteiger partial charge < -0.3 is 10.4 Å². The molecule has 3 nitrogen and oxygen atoms in total. The number of phenols is 1. The van der Waals surface area contributed by atoms with Gasteiger partial charge >= 0.3 is 0 Å². The van der Waals surface area contributed by atoms with E-state index in [1.54, 1.807) is 0 Å². The SMILES string of the molecule is CC[C@@H](c1ccc(F)c(F)c1O)N1CCNCC1.Cl.Cl. The predicted octanol–water partition coefficient (Wildman–Crippen LogP) is 2.87. The fraction of sp³-hybridized carbons (Fsp3) is 0.538. The van der Waals surface area contributed by atoms with Crippen LogP contribution in [0.4, 0.5) is 8.78 Å². The van der Waals surface area contributed by atoms with E-state index in [2.05, 4.69) is 10.2 Å². The minimum atomic E-state index is -1.15. The Morgan fingerprint density at radius 1 is 1.25 bits per heavy atom. The van der Waals surface area contributed by atoms with Crippen LogP contribution in [0.3, 0.4) is 0 Å². The van der Waals surface area contributed by atoms with Gasteiger partial charge in [0.25, 0.3) is 0 Å². The standard InChI is InChI=1S/C13H18F2N2O.2ClH/c1-2-11(17-7-5-16-6-8-17)9-3-4-10(14)12(15)13(9)18;;/h3-4,11,16,18H,2,5-8H2,1H3;2*1H/t11-;;/m0../s1. The van der Waals surface area contributed by atoms with Crippen LogP contribution in [0.2, 0.25) is 0 Å². The Bertz CT molecular complexity index is 429. The number of phenolic OH excluding ortho intramolecular Hbond substituents is 1. The average molecular weight is 329 g/mol. The number of rotatable bonds is 3. The number of benzene rings is 1. The summed E-state index contributed by atoms with van der Waals surface area (Å²) in [5, 5.41) is 13.0. The highest BCUT2D eigenvalue weighted by molar-refractivity contribution is 5.85. The summed E-state index contributed by atoms with van der Waals surface area (Å²) in [4.78, 5) is 2.18. The molecule has 1 aliphatic rings. The minimum Gasteiger partial charge on any atom is -0.505 e. The number of piperazine rings is 1. The predicted molar refractivity (Wildman–Crippen MR) is 80.0 cm³/mol. The van der Waals surface area contributed by atoms with E-state index in [1.807, 2.05) is 6.92 Å². The van der Waals surface area contributed by atoms with E-state index in [-0.39, 0.29) is 30.9 Å². The van der Waals surface area contributed by atoms with Gasteiger partial charge in [0, 0.05) is 37.8 Å². The van der Waals surface area contributed by atoms with Crippen LogP contribution in [0.1, 0.15) is 24.9 Å². The van der Waals surface area contributed by atoms with Crippen LogP contribution in [0.25, 0.3) is 0 Å². The maximum atomic E-state index is 13.4. The largest absolute Gasteiger partial charge is 0.505 e. The molecule has 0 aliphatic carbocycles. The molecule has 1 aromatic rings. The zero-order valence-electron chi connectivity index (χ0n) is 11.2. The van der Waals surface area contributed by atoms with Crippen LogP contribution in [0, 0.1) is 11.6 Å². The zero-order valence-corrected chi connectivity index (χ0v) is 12.9. The van der Waals surface area contributed by atoms with Crippen LogP contribution in [0.15, 0.2) is 12.1 Å². The lowest BCUT2D eigenvalue weighted by molar-refractivity contribution is 0.166. The van der Waals surface area contributed by atoms with Crippen molar-refractivity contribution < 1.29 is 13.9 Å². The van der Waals surface area contributed by atoms with Crippen molar-refractivity contribution in [3.63, 3.8) is 0 Å². The molecule has 116 valence electrons. The molecule has 1 aliphatic heterocycles. The second-order valence-corrected chi connectivity index (χ2v) is 4.51. The maximum Gasteiger partial charge on any atom is 0.200 e. The van der Waals surface area contributed by atoms with E-state index in [9.17, 15) is 13.9 Å². The molecule has 0 unspecified atom stereocenters. The molecule has 2 N–H and O–H groups in total. The van der Waals surface area contributed by atoms with Crippen molar-refractivity contribution in [3.05, 3.63) is 29.3 Å². The van der Waals surface area contributed by atoms with Gasteiger partial charge in [0.15, 0.2) is 11.6 Å². The molecular weight excluding hydrogens is 309 g/mol. The lowest BCUT2D eigenvalue weighted by atomic mass is 10.0. The van der Waals surface area contributed by atoms with Crippen molar-refractivity contribution in [2.24, 2.45) is 0 Å². The van der Waals surface area contributed by atoms with Crippen LogP contribution < -0.4 is 5.32 Å². The molecule has 1 saturated heterocycles. The molecule has 1 fully saturated rings. The third-order valence-corrected chi connectivity index (χ3v) is 3.44. The Labute approximate surface area is 130 Å². The summed E-state index contributed by atoms with van der Waals surface area (Å²) >= 11 is 0. The summed E-state index contributed by atoms with van der Waals surface area (Å²) in [6.07, 6.45) is 0.749. The summed E-state index contributed by atoms with van der Waals surface area (Å²) in [6, 6.07) is 2.49. The van der Waals surface area contributed by atoms with E-state index >= 15 is 0 Å². The van der Waals surface area contributed by atoms with Gasteiger partial charge in [-0.2, -0.15) is 4.39 Å². The first-order chi connectivity index (χ1) is 8.65. The van der Waals surface area contributed by atoms with Crippen molar-refractivity contribution in [2.45, 2.75) is 19.4 Å². The summed E-state index contributed by atoms with van der Waals surface area (Å²) < 4.78 is 26.4. The van der Waals surface area contributed by atoms with Crippen molar-refractivity contribution in [1.82, 2.24) is 10.2 Å². The van der Waals surface area contributed by atoms with Crippen molar-refractivity contribution in [2.75, 3.05) is 26.2 Å². The quantitative estimate of drug-likeness (QED) is 0.895. The fourth-order valence-electron chi connectivity index (χ4n) is 2.49. The molecule has 0 aromatic heterocycles. The topological polar surface area (TPSA) is 35.5 Å². The van der Waals surface area contributed by atoms with Gasteiger partial charge in [-0.3, -0.25) is 4.90 Å². The molecule has 0 spiro atoms. The highest BCUT2D eigenvalue weighted by Crippen LogP contribution is 2.33. The minimum absolute atomic E-state index is 0. The molecule has 2 rings (SSSR count). The molecule has 1 atom stereocenters. The van der Waals surface area contributed by atoms with Gasteiger partial charge in [0.2, 0.25) is 5.82 Å². The van der Waals surface area contributed by atoms with E-state index in [1.165, 1.54) is 6.07 Å². The van der Waals surface area contributed by atoms with Gasteiger partial charge in [-0.1, -0.05) is 13.0 Å². The van der Waals surface area contributed by atoms with E-state index in [0.717, 1.165) is 38.7 Å². The normalized spacial score (nSPS) is 16.9. The summed E-state index contributed by atoms with van der Waals surface area (Å²) in [6.45, 7) is 5.42. The van der Waals surface area contributed by atoms with Gasteiger partial charge in [0.1, 0.15) is 0 Å². The smallest absolute Gasteiger partial charge is 0.200 e. The third kappa shape index (κ3) is 3.95. The van der Waals surface area contributed by atoms with E-state index < -0.39 is 17.4 Å². The van der Waals surface area contributed by atoms with Crippen LogP contribution in [-0.4, -0.2) is 36.2 Å². The summed E-state index contributed by atoms with van der Waals surface area (Å²) in [7, 11) is 0. The Morgan fingerprint density at radius 2 is 1.85 bits per heavy atom. The Morgan fingerprint density at radius 3 is 2.40 bits per heavy atom. The first-order valence-corrected chi connectivity index (χ1v) is 6.26. The molecule has 0 bridgehead atoms. The van der Waals surface area contributed by atoms with E-state index in [0.29, 0.717) is 5.56 Å². The first-order valence-electron chi connectivity index (χ1n) is 6.26. The lowest BCUT2D eigenvalue weighted by Gasteiger charge is -2.35. The Hall–Kier alpha value is -0.620. The maximum absolute atomic E-state index is 13.4. The van der Waals surface area contributed by atoms with Crippen molar-refractivity contribution in [3.8, 4) is 5.75 Å². The van der Waals surface area contributed by atoms with Crippen LogP contribution in [-0.2, 0) is 0 Å². The van der Waals surface area contributed by atoms with Crippen molar-refractivity contribution in [1.29, 1.82) is 0 Å². The molecule has 1 aromatic carbocycles. The zero-order chi connectivity index (χ0) is 13.1. The summed E-state index contributed by atoms with van der Waals surface area (Å²) in [5.41, 5.74) is 0.471. The molecule has 1 heterocycles. The van der Waals surface area contributed by atoms with Crippen LogP contribution >= 0.6 is 24.8 Å².